The molecule has 0 aliphatic carbocycles. The third-order valence-corrected chi connectivity index (χ3v) is 5.07. The summed E-state index contributed by atoms with van der Waals surface area (Å²) in [5.74, 6) is -0.0551. The lowest BCUT2D eigenvalue weighted by Gasteiger charge is -2.24. The first-order chi connectivity index (χ1) is 11.6. The highest BCUT2D eigenvalue weighted by atomic mass is 35.5. The maximum absolute atomic E-state index is 13.0. The van der Waals surface area contributed by atoms with E-state index in [1.807, 2.05) is 47.7 Å². The zero-order valence-corrected chi connectivity index (χ0v) is 14.4. The minimum Gasteiger partial charge on any atom is -0.330 e. The minimum absolute atomic E-state index is 0.0384. The van der Waals surface area contributed by atoms with Crippen molar-refractivity contribution < 1.29 is 4.79 Å². The van der Waals surface area contributed by atoms with Crippen LogP contribution in [0, 0.1) is 6.92 Å². The highest BCUT2D eigenvalue weighted by Gasteiger charge is 2.35. The molecule has 124 valence electrons. The van der Waals surface area contributed by atoms with E-state index in [-0.39, 0.29) is 11.9 Å². The Morgan fingerprint density at radius 2 is 2.21 bits per heavy atom. The normalized spacial score (nSPS) is 17.8. The van der Waals surface area contributed by atoms with Gasteiger partial charge in [-0.15, -0.1) is 0 Å². The van der Waals surface area contributed by atoms with E-state index in [0.717, 1.165) is 29.7 Å². The molecule has 1 atom stereocenters. The van der Waals surface area contributed by atoms with Crippen LogP contribution in [0.2, 0.25) is 5.15 Å². The molecule has 1 saturated heterocycles. The molecule has 0 radical (unpaired) electrons. The Balaban J connectivity index is 1.70. The van der Waals surface area contributed by atoms with Gasteiger partial charge in [0.2, 0.25) is 0 Å². The lowest BCUT2D eigenvalue weighted by atomic mass is 10.1. The largest absolute Gasteiger partial charge is 0.330 e. The van der Waals surface area contributed by atoms with E-state index in [0.29, 0.717) is 17.4 Å². The molecule has 1 fully saturated rings. The number of aromatic nitrogens is 4. The maximum Gasteiger partial charge on any atom is 0.274 e. The van der Waals surface area contributed by atoms with Gasteiger partial charge in [0.15, 0.2) is 0 Å². The zero-order chi connectivity index (χ0) is 16.8. The number of fused-ring (bicyclic) bond motifs is 1. The Morgan fingerprint density at radius 1 is 1.38 bits per heavy atom. The summed E-state index contributed by atoms with van der Waals surface area (Å²) in [5, 5.41) is 4.99. The fourth-order valence-corrected chi connectivity index (χ4v) is 3.82. The number of hydrogen-bond donors (Lipinski definition) is 0. The number of aryl methyl sites for hydroxylation is 2. The van der Waals surface area contributed by atoms with Gasteiger partial charge >= 0.3 is 0 Å². The summed E-state index contributed by atoms with van der Waals surface area (Å²) in [6, 6.07) is 5.68. The fourth-order valence-electron chi connectivity index (χ4n) is 3.52. The predicted octanol–water partition coefficient (Wildman–Crippen LogP) is 3.01. The summed E-state index contributed by atoms with van der Waals surface area (Å²) in [5.41, 5.74) is 3.06. The third kappa shape index (κ3) is 2.29. The molecule has 1 amide bonds. The molecule has 0 bridgehead atoms. The Labute approximate surface area is 144 Å². The predicted molar refractivity (Wildman–Crippen MR) is 91.2 cm³/mol. The van der Waals surface area contributed by atoms with Crippen LogP contribution in [-0.4, -0.2) is 36.5 Å². The van der Waals surface area contributed by atoms with Crippen LogP contribution < -0.4 is 0 Å². The molecule has 7 heteroatoms. The van der Waals surface area contributed by atoms with E-state index in [9.17, 15) is 4.79 Å². The van der Waals surface area contributed by atoms with E-state index in [1.165, 1.54) is 0 Å². The van der Waals surface area contributed by atoms with Crippen LogP contribution >= 0.6 is 11.6 Å². The number of pyridine rings is 1. The van der Waals surface area contributed by atoms with Crippen molar-refractivity contribution in [2.24, 2.45) is 7.05 Å². The fraction of sp³-hybridized carbons (Fsp3) is 0.353. The van der Waals surface area contributed by atoms with Gasteiger partial charge in [-0.25, -0.2) is 4.98 Å². The monoisotopic (exact) mass is 343 g/mol. The molecule has 0 saturated carbocycles. The van der Waals surface area contributed by atoms with Crippen molar-refractivity contribution in [2.75, 3.05) is 6.54 Å². The molecular weight excluding hydrogens is 326 g/mol. The molecule has 24 heavy (non-hydrogen) atoms. The van der Waals surface area contributed by atoms with Crippen LogP contribution in [-0.2, 0) is 7.05 Å². The van der Waals surface area contributed by atoms with E-state index < -0.39 is 0 Å². The molecular formula is C17H18ClN5O. The van der Waals surface area contributed by atoms with Crippen molar-refractivity contribution >= 4 is 23.2 Å². The number of nitrogens with zero attached hydrogens (tertiary/aromatic N) is 5. The highest BCUT2D eigenvalue weighted by molar-refractivity contribution is 6.30. The van der Waals surface area contributed by atoms with Gasteiger partial charge in [-0.05, 0) is 31.9 Å². The average Bonchev–Trinajstić information content (AvgIpc) is 3.25. The number of amides is 1. The number of rotatable bonds is 2. The maximum atomic E-state index is 13.0. The number of likely N-dealkylation sites (tertiary alicyclic amines) is 1. The van der Waals surface area contributed by atoms with Gasteiger partial charge in [-0.1, -0.05) is 17.7 Å². The zero-order valence-electron chi connectivity index (χ0n) is 13.6. The Kier molecular flexibility index (Phi) is 3.57. The van der Waals surface area contributed by atoms with Gasteiger partial charge in [0.25, 0.3) is 5.91 Å². The molecule has 4 rings (SSSR count). The molecule has 0 N–H and O–H groups in total. The smallest absolute Gasteiger partial charge is 0.274 e. The first-order valence-electron chi connectivity index (χ1n) is 8.00. The van der Waals surface area contributed by atoms with Crippen LogP contribution in [0.3, 0.4) is 0 Å². The van der Waals surface area contributed by atoms with Crippen LogP contribution in [0.5, 0.6) is 0 Å². The Morgan fingerprint density at radius 3 is 2.92 bits per heavy atom. The van der Waals surface area contributed by atoms with Gasteiger partial charge in [0, 0.05) is 31.5 Å². The Hall–Kier alpha value is -2.34. The van der Waals surface area contributed by atoms with Crippen molar-refractivity contribution in [3.63, 3.8) is 0 Å². The summed E-state index contributed by atoms with van der Waals surface area (Å²) in [6.45, 7) is 2.65. The standard InChI is InChI=1S/C17H18ClN5O/c1-11-15(16(18)21(2)20-11)13-6-5-9-23(13)17(24)12-10-22-8-4-3-7-14(22)19-12/h3-4,7-8,10,13H,5-6,9H2,1-2H3. The molecule has 1 aliphatic heterocycles. The second kappa shape index (κ2) is 5.63. The van der Waals surface area contributed by atoms with Crippen LogP contribution in [0.1, 0.15) is 40.6 Å². The van der Waals surface area contributed by atoms with Gasteiger partial charge < -0.3 is 9.30 Å². The van der Waals surface area contributed by atoms with E-state index in [4.69, 9.17) is 11.6 Å². The van der Waals surface area contributed by atoms with Crippen LogP contribution in [0.25, 0.3) is 5.65 Å². The van der Waals surface area contributed by atoms with Crippen molar-refractivity contribution in [3.8, 4) is 0 Å². The minimum atomic E-state index is -0.0551. The van der Waals surface area contributed by atoms with E-state index in [1.54, 1.807) is 10.9 Å². The molecule has 1 unspecified atom stereocenters. The molecule has 0 aromatic carbocycles. The molecule has 4 heterocycles. The quantitative estimate of drug-likeness (QED) is 0.718. The van der Waals surface area contributed by atoms with Crippen LogP contribution in [0.4, 0.5) is 0 Å². The number of hydrogen-bond acceptors (Lipinski definition) is 3. The second-order valence-electron chi connectivity index (χ2n) is 6.16. The van der Waals surface area contributed by atoms with Crippen LogP contribution in [0.15, 0.2) is 30.6 Å². The number of carbonyl (C=O) groups is 1. The van der Waals surface area contributed by atoms with Crippen molar-refractivity contribution in [2.45, 2.75) is 25.8 Å². The van der Waals surface area contributed by atoms with Gasteiger partial charge in [0.1, 0.15) is 16.5 Å². The highest BCUT2D eigenvalue weighted by Crippen LogP contribution is 2.38. The molecule has 3 aromatic heterocycles. The topological polar surface area (TPSA) is 55.4 Å². The average molecular weight is 344 g/mol. The number of imidazole rings is 1. The lowest BCUT2D eigenvalue weighted by molar-refractivity contribution is 0.0730. The summed E-state index contributed by atoms with van der Waals surface area (Å²) >= 11 is 6.42. The summed E-state index contributed by atoms with van der Waals surface area (Å²) < 4.78 is 3.53. The van der Waals surface area contributed by atoms with Gasteiger partial charge in [-0.2, -0.15) is 5.10 Å². The number of carbonyl (C=O) groups excluding carboxylic acids is 1. The summed E-state index contributed by atoms with van der Waals surface area (Å²) in [4.78, 5) is 19.3. The summed E-state index contributed by atoms with van der Waals surface area (Å²) in [6.07, 6.45) is 5.52. The first kappa shape index (κ1) is 15.2. The van der Waals surface area contributed by atoms with Gasteiger partial charge in [-0.3, -0.25) is 9.48 Å². The third-order valence-electron chi connectivity index (χ3n) is 4.63. The van der Waals surface area contributed by atoms with Gasteiger partial charge in [0.05, 0.1) is 11.7 Å². The van der Waals surface area contributed by atoms with E-state index >= 15 is 0 Å². The van der Waals surface area contributed by atoms with Crippen molar-refractivity contribution in [1.82, 2.24) is 24.1 Å². The summed E-state index contributed by atoms with van der Waals surface area (Å²) in [7, 11) is 1.82. The molecule has 1 aliphatic rings. The SMILES string of the molecule is Cc1nn(C)c(Cl)c1C1CCCN1C(=O)c1cn2ccccc2n1. The van der Waals surface area contributed by atoms with Crippen molar-refractivity contribution in [1.29, 1.82) is 0 Å². The molecule has 0 spiro atoms. The van der Waals surface area contributed by atoms with E-state index in [2.05, 4.69) is 10.1 Å². The second-order valence-corrected chi connectivity index (χ2v) is 6.52. The molecule has 6 nitrogen and oxygen atoms in total. The lowest BCUT2D eigenvalue weighted by Crippen LogP contribution is -2.31. The Bertz CT molecular complexity index is 895. The number of halogens is 1. The van der Waals surface area contributed by atoms with Crippen molar-refractivity contribution in [3.05, 3.63) is 52.7 Å². The first-order valence-corrected chi connectivity index (χ1v) is 8.38. The molecule has 3 aromatic rings.